The van der Waals surface area contributed by atoms with Gasteiger partial charge in [0, 0.05) is 24.5 Å². The van der Waals surface area contributed by atoms with Crippen molar-refractivity contribution in [3.63, 3.8) is 0 Å². The zero-order chi connectivity index (χ0) is 13.3. The molecule has 0 aliphatic carbocycles. The molecule has 0 radical (unpaired) electrons. The van der Waals surface area contributed by atoms with Crippen LogP contribution in [0.15, 0.2) is 35.5 Å². The van der Waals surface area contributed by atoms with Crippen molar-refractivity contribution >= 4 is 15.5 Å². The molecular formula is C11H12FN3O2S. The molecule has 0 amide bonds. The molecule has 0 aliphatic heterocycles. The number of anilines is 1. The van der Waals surface area contributed by atoms with Crippen LogP contribution < -0.4 is 5.73 Å². The van der Waals surface area contributed by atoms with Crippen LogP contribution in [0.1, 0.15) is 5.56 Å². The topological polar surface area (TPSA) is 78.0 Å². The van der Waals surface area contributed by atoms with Crippen molar-refractivity contribution in [2.75, 3.05) is 5.73 Å². The molecule has 1 heterocycles. The standard InChI is InChI=1S/C11H12FN3O2S/c1-15-6-8(5-14-15)7-18(16,17)11-3-2-9(13)4-10(11)12/h2-6H,7,13H2,1H3. The third-order valence-corrected chi connectivity index (χ3v) is 4.12. The molecule has 1 aromatic carbocycles. The third kappa shape index (κ3) is 2.51. The Morgan fingerprint density at radius 1 is 1.44 bits per heavy atom. The van der Waals surface area contributed by atoms with Gasteiger partial charge in [0.25, 0.3) is 0 Å². The molecule has 1 aromatic heterocycles. The first-order valence-electron chi connectivity index (χ1n) is 5.14. The van der Waals surface area contributed by atoms with Gasteiger partial charge in [-0.25, -0.2) is 12.8 Å². The van der Waals surface area contributed by atoms with Crippen LogP contribution in [0.4, 0.5) is 10.1 Å². The molecule has 0 saturated carbocycles. The lowest BCUT2D eigenvalue weighted by atomic mass is 10.3. The lowest BCUT2D eigenvalue weighted by Gasteiger charge is -2.05. The van der Waals surface area contributed by atoms with Gasteiger partial charge in [-0.3, -0.25) is 4.68 Å². The van der Waals surface area contributed by atoms with Crippen LogP contribution in [0.25, 0.3) is 0 Å². The van der Waals surface area contributed by atoms with Crippen LogP contribution in [0, 0.1) is 5.82 Å². The van der Waals surface area contributed by atoms with E-state index in [1.165, 1.54) is 23.0 Å². The van der Waals surface area contributed by atoms with E-state index < -0.39 is 15.7 Å². The average molecular weight is 269 g/mol. The van der Waals surface area contributed by atoms with E-state index in [4.69, 9.17) is 5.73 Å². The van der Waals surface area contributed by atoms with Crippen molar-refractivity contribution in [1.29, 1.82) is 0 Å². The number of nitrogen functional groups attached to an aromatic ring is 1. The molecule has 18 heavy (non-hydrogen) atoms. The van der Waals surface area contributed by atoms with E-state index in [2.05, 4.69) is 5.10 Å². The summed E-state index contributed by atoms with van der Waals surface area (Å²) in [6, 6.07) is 3.53. The fourth-order valence-corrected chi connectivity index (χ4v) is 2.99. The molecule has 0 unspecified atom stereocenters. The summed E-state index contributed by atoms with van der Waals surface area (Å²) >= 11 is 0. The van der Waals surface area contributed by atoms with Gasteiger partial charge in [-0.2, -0.15) is 5.10 Å². The second-order valence-electron chi connectivity index (χ2n) is 3.97. The molecule has 0 bridgehead atoms. The van der Waals surface area contributed by atoms with Crippen molar-refractivity contribution < 1.29 is 12.8 Å². The summed E-state index contributed by atoms with van der Waals surface area (Å²) < 4.78 is 39.1. The Hall–Kier alpha value is -1.89. The highest BCUT2D eigenvalue weighted by Gasteiger charge is 2.20. The number of nitrogens with two attached hydrogens (primary N) is 1. The Morgan fingerprint density at radius 2 is 2.17 bits per heavy atom. The van der Waals surface area contributed by atoms with Crippen LogP contribution >= 0.6 is 0 Å². The van der Waals surface area contributed by atoms with Gasteiger partial charge in [0.15, 0.2) is 9.84 Å². The van der Waals surface area contributed by atoms with E-state index in [1.807, 2.05) is 0 Å². The van der Waals surface area contributed by atoms with Crippen LogP contribution in [-0.2, 0) is 22.6 Å². The molecule has 0 spiro atoms. The van der Waals surface area contributed by atoms with Gasteiger partial charge >= 0.3 is 0 Å². The molecule has 96 valence electrons. The molecule has 0 fully saturated rings. The minimum absolute atomic E-state index is 0.188. The number of hydrogen-bond donors (Lipinski definition) is 1. The number of sulfone groups is 1. The summed E-state index contributed by atoms with van der Waals surface area (Å²) in [6.07, 6.45) is 3.01. The molecule has 0 saturated heterocycles. The Balaban J connectivity index is 2.36. The summed E-state index contributed by atoms with van der Waals surface area (Å²) in [5.41, 5.74) is 6.07. The second-order valence-corrected chi connectivity index (χ2v) is 5.93. The Bertz CT molecular complexity index is 679. The van der Waals surface area contributed by atoms with Crippen molar-refractivity contribution in [2.24, 2.45) is 7.05 Å². The van der Waals surface area contributed by atoms with Crippen LogP contribution in [0.5, 0.6) is 0 Å². The predicted octanol–water partition coefficient (Wildman–Crippen LogP) is 1.12. The monoisotopic (exact) mass is 269 g/mol. The highest BCUT2D eigenvalue weighted by atomic mass is 32.2. The highest BCUT2D eigenvalue weighted by molar-refractivity contribution is 7.90. The minimum atomic E-state index is -3.73. The molecular weight excluding hydrogens is 257 g/mol. The number of aryl methyl sites for hydroxylation is 1. The fraction of sp³-hybridized carbons (Fsp3) is 0.182. The van der Waals surface area contributed by atoms with Crippen molar-refractivity contribution in [1.82, 2.24) is 9.78 Å². The Morgan fingerprint density at radius 3 is 2.72 bits per heavy atom. The maximum Gasteiger partial charge on any atom is 0.185 e. The lowest BCUT2D eigenvalue weighted by Crippen LogP contribution is -2.07. The first-order valence-corrected chi connectivity index (χ1v) is 6.79. The maximum absolute atomic E-state index is 13.6. The quantitative estimate of drug-likeness (QED) is 0.847. The number of nitrogens with zero attached hydrogens (tertiary/aromatic N) is 2. The fourth-order valence-electron chi connectivity index (χ4n) is 1.61. The normalized spacial score (nSPS) is 11.7. The Kier molecular flexibility index (Phi) is 3.08. The summed E-state index contributed by atoms with van der Waals surface area (Å²) in [5, 5.41) is 3.87. The summed E-state index contributed by atoms with van der Waals surface area (Å²) in [5.74, 6) is -1.12. The number of benzene rings is 1. The van der Waals surface area contributed by atoms with E-state index in [0.29, 0.717) is 5.56 Å². The zero-order valence-electron chi connectivity index (χ0n) is 9.67. The first kappa shape index (κ1) is 12.6. The molecule has 0 atom stereocenters. The van der Waals surface area contributed by atoms with Crippen molar-refractivity contribution in [3.05, 3.63) is 42.0 Å². The van der Waals surface area contributed by atoms with Gasteiger partial charge in [-0.05, 0) is 18.2 Å². The van der Waals surface area contributed by atoms with Gasteiger partial charge in [0.2, 0.25) is 0 Å². The molecule has 5 nitrogen and oxygen atoms in total. The highest BCUT2D eigenvalue weighted by Crippen LogP contribution is 2.21. The number of halogens is 1. The molecule has 7 heteroatoms. The van der Waals surface area contributed by atoms with Crippen molar-refractivity contribution in [3.8, 4) is 0 Å². The van der Waals surface area contributed by atoms with Gasteiger partial charge in [0.05, 0.1) is 11.9 Å². The van der Waals surface area contributed by atoms with Crippen molar-refractivity contribution in [2.45, 2.75) is 10.6 Å². The van der Waals surface area contributed by atoms with E-state index in [0.717, 1.165) is 6.07 Å². The van der Waals surface area contributed by atoms with Crippen LogP contribution in [0.3, 0.4) is 0 Å². The summed E-state index contributed by atoms with van der Waals surface area (Å²) in [6.45, 7) is 0. The average Bonchev–Trinajstić information content (AvgIpc) is 2.62. The summed E-state index contributed by atoms with van der Waals surface area (Å²) in [7, 11) is -2.05. The molecule has 2 N–H and O–H groups in total. The molecule has 2 rings (SSSR count). The van der Waals surface area contributed by atoms with Gasteiger partial charge < -0.3 is 5.73 Å². The lowest BCUT2D eigenvalue weighted by molar-refractivity contribution is 0.567. The van der Waals surface area contributed by atoms with E-state index in [9.17, 15) is 12.8 Å². The van der Waals surface area contributed by atoms with E-state index >= 15 is 0 Å². The minimum Gasteiger partial charge on any atom is -0.399 e. The number of hydrogen-bond acceptors (Lipinski definition) is 4. The van der Waals surface area contributed by atoms with Gasteiger partial charge in [-0.1, -0.05) is 0 Å². The largest absolute Gasteiger partial charge is 0.399 e. The third-order valence-electron chi connectivity index (χ3n) is 2.41. The van der Waals surface area contributed by atoms with Crippen LogP contribution in [-0.4, -0.2) is 18.2 Å². The van der Waals surface area contributed by atoms with E-state index in [1.54, 1.807) is 13.2 Å². The van der Waals surface area contributed by atoms with Gasteiger partial charge in [0.1, 0.15) is 10.7 Å². The Labute approximate surface area is 104 Å². The maximum atomic E-state index is 13.6. The van der Waals surface area contributed by atoms with Crippen LogP contribution in [0.2, 0.25) is 0 Å². The van der Waals surface area contributed by atoms with Gasteiger partial charge in [-0.15, -0.1) is 0 Å². The summed E-state index contributed by atoms with van der Waals surface area (Å²) in [4.78, 5) is -0.347. The van der Waals surface area contributed by atoms with E-state index in [-0.39, 0.29) is 16.3 Å². The first-order chi connectivity index (χ1) is 8.38. The smallest absolute Gasteiger partial charge is 0.185 e. The number of aromatic nitrogens is 2. The SMILES string of the molecule is Cn1cc(CS(=O)(=O)c2ccc(N)cc2F)cn1. The molecule has 0 aliphatic rings. The zero-order valence-corrected chi connectivity index (χ0v) is 10.5. The second kappa shape index (κ2) is 4.41. The predicted molar refractivity (Wildman–Crippen MR) is 64.9 cm³/mol. The number of rotatable bonds is 3. The molecule has 2 aromatic rings.